The first-order valence-corrected chi connectivity index (χ1v) is 14.4. The summed E-state index contributed by atoms with van der Waals surface area (Å²) in [5.41, 5.74) is 1.55. The van der Waals surface area contributed by atoms with Gasteiger partial charge in [0.1, 0.15) is 0 Å². The molecular weight excluding hydrogens is 526 g/mol. The van der Waals surface area contributed by atoms with Crippen LogP contribution in [-0.2, 0) is 10.2 Å². The number of anilines is 1. The van der Waals surface area contributed by atoms with Gasteiger partial charge in [0.2, 0.25) is 5.91 Å². The molecule has 2 spiro atoms. The molecule has 4 N–H and O–H groups in total. The number of aliphatic hydroxyl groups is 1. The van der Waals surface area contributed by atoms with Gasteiger partial charge in [-0.15, -0.1) is 0 Å². The lowest BCUT2D eigenvalue weighted by Crippen LogP contribution is -2.60. The number of carbonyl (C=O) groups is 1. The van der Waals surface area contributed by atoms with E-state index in [1.807, 2.05) is 18.2 Å². The highest BCUT2D eigenvalue weighted by Crippen LogP contribution is 2.63. The van der Waals surface area contributed by atoms with Gasteiger partial charge in [-0.1, -0.05) is 43.1 Å². The third-order valence-electron chi connectivity index (χ3n) is 9.96. The molecule has 4 aliphatic rings. The number of aliphatic hydroxyl groups excluding tert-OH is 1. The molecule has 3 heterocycles. The summed E-state index contributed by atoms with van der Waals surface area (Å²) in [4.78, 5) is 18.0. The van der Waals surface area contributed by atoms with Crippen LogP contribution in [0.5, 0.6) is 0 Å². The Balaban J connectivity index is 1.51. The molecule has 0 bridgehead atoms. The maximum atomic E-state index is 15.9. The summed E-state index contributed by atoms with van der Waals surface area (Å²) in [6, 6.07) is 6.89. The molecule has 2 aliphatic carbocycles. The summed E-state index contributed by atoms with van der Waals surface area (Å²) in [5, 5.41) is 20.5. The third kappa shape index (κ3) is 3.95. The number of amides is 1. The fourth-order valence-corrected chi connectivity index (χ4v) is 8.09. The lowest BCUT2D eigenvalue weighted by Gasteiger charge is -2.51. The summed E-state index contributed by atoms with van der Waals surface area (Å²) in [6.45, 7) is 5.27. The molecule has 2 saturated carbocycles. The molecule has 2 aliphatic heterocycles. The van der Waals surface area contributed by atoms with Crippen molar-refractivity contribution in [2.24, 2.45) is 11.3 Å². The molecule has 6 rings (SSSR count). The second-order valence-corrected chi connectivity index (χ2v) is 13.4. The predicted octanol–water partition coefficient (Wildman–Crippen LogP) is 5.17. The van der Waals surface area contributed by atoms with Crippen molar-refractivity contribution >= 4 is 34.8 Å². The maximum Gasteiger partial charge on any atom is 0.238 e. The molecule has 9 heteroatoms. The Hall–Kier alpha value is -1.93. The lowest BCUT2D eigenvalue weighted by molar-refractivity contribution is -0.125. The summed E-state index contributed by atoms with van der Waals surface area (Å²) in [7, 11) is 0. The van der Waals surface area contributed by atoms with Crippen LogP contribution in [0.15, 0.2) is 30.5 Å². The van der Waals surface area contributed by atoms with Crippen molar-refractivity contribution in [3.8, 4) is 0 Å². The first kappa shape index (κ1) is 26.3. The number of hydrogen-bond donors (Lipinski definition) is 4. The molecule has 6 nitrogen and oxygen atoms in total. The minimum atomic E-state index is -0.666. The molecule has 2 aromatic rings. The lowest BCUT2D eigenvalue weighted by atomic mass is 9.53. The first-order chi connectivity index (χ1) is 18.1. The number of aromatic nitrogens is 1. The second kappa shape index (κ2) is 9.33. The Morgan fingerprint density at radius 3 is 2.63 bits per heavy atom. The van der Waals surface area contributed by atoms with Crippen molar-refractivity contribution in [2.75, 3.05) is 18.5 Å². The highest BCUT2D eigenvalue weighted by atomic mass is 35.5. The molecule has 1 aromatic carbocycles. The Kier molecular flexibility index (Phi) is 6.45. The number of nitrogens with zero attached hydrogens (tertiary/aromatic N) is 1. The van der Waals surface area contributed by atoms with Gasteiger partial charge < -0.3 is 15.7 Å². The number of benzene rings is 1. The summed E-state index contributed by atoms with van der Waals surface area (Å²) >= 11 is 12.6. The highest BCUT2D eigenvalue weighted by molar-refractivity contribution is 6.31. The van der Waals surface area contributed by atoms with Crippen LogP contribution in [0.25, 0.3) is 0 Å². The van der Waals surface area contributed by atoms with E-state index in [4.69, 9.17) is 23.2 Å². The molecule has 0 unspecified atom stereocenters. The van der Waals surface area contributed by atoms with Crippen LogP contribution in [0, 0.1) is 17.2 Å². The smallest absolute Gasteiger partial charge is 0.238 e. The highest BCUT2D eigenvalue weighted by Gasteiger charge is 2.69. The van der Waals surface area contributed by atoms with Gasteiger partial charge in [-0.05, 0) is 79.2 Å². The summed E-state index contributed by atoms with van der Waals surface area (Å²) in [5.74, 6) is -1.00. The maximum absolute atomic E-state index is 15.9. The second-order valence-electron chi connectivity index (χ2n) is 12.6. The largest absolute Gasteiger partial charge is 0.396 e. The van der Waals surface area contributed by atoms with Crippen molar-refractivity contribution in [1.82, 2.24) is 15.6 Å². The Morgan fingerprint density at radius 1 is 1.18 bits per heavy atom. The van der Waals surface area contributed by atoms with E-state index in [9.17, 15) is 9.90 Å². The molecule has 1 aromatic heterocycles. The molecule has 38 heavy (non-hydrogen) atoms. The van der Waals surface area contributed by atoms with Gasteiger partial charge in [-0.2, -0.15) is 0 Å². The molecular formula is C29H35Cl2FN4O2. The zero-order valence-corrected chi connectivity index (χ0v) is 23.3. The van der Waals surface area contributed by atoms with Gasteiger partial charge in [0.15, 0.2) is 11.0 Å². The SMILES string of the molecule is CC1(C)CCC2(CC1)N[C@@H](C(=O)N[C@H]1C[C@H](CO)C1)[C@H](c1ccnc(Cl)c1F)[C@]21CNc2cc(Cl)ccc21. The molecule has 3 atom stereocenters. The van der Waals surface area contributed by atoms with Gasteiger partial charge in [0.05, 0.1) is 6.04 Å². The Labute approximate surface area is 233 Å². The van der Waals surface area contributed by atoms with E-state index in [0.717, 1.165) is 49.8 Å². The van der Waals surface area contributed by atoms with E-state index in [1.165, 1.54) is 6.20 Å². The van der Waals surface area contributed by atoms with Gasteiger partial charge >= 0.3 is 0 Å². The monoisotopic (exact) mass is 560 g/mol. The van der Waals surface area contributed by atoms with Crippen LogP contribution in [0.2, 0.25) is 10.2 Å². The van der Waals surface area contributed by atoms with E-state index in [1.54, 1.807) is 6.07 Å². The van der Waals surface area contributed by atoms with Gasteiger partial charge in [-0.25, -0.2) is 9.37 Å². The zero-order valence-electron chi connectivity index (χ0n) is 21.8. The van der Waals surface area contributed by atoms with Gasteiger partial charge in [-0.3, -0.25) is 10.1 Å². The number of nitrogens with one attached hydrogen (secondary N) is 3. The van der Waals surface area contributed by atoms with Gasteiger partial charge in [0.25, 0.3) is 0 Å². The predicted molar refractivity (Wildman–Crippen MR) is 147 cm³/mol. The average Bonchev–Trinajstić information content (AvgIpc) is 3.37. The number of halogens is 3. The minimum Gasteiger partial charge on any atom is -0.396 e. The summed E-state index contributed by atoms with van der Waals surface area (Å²) in [6.07, 6.45) is 6.74. The van der Waals surface area contributed by atoms with Crippen molar-refractivity contribution in [3.05, 3.63) is 57.6 Å². The van der Waals surface area contributed by atoms with E-state index >= 15 is 4.39 Å². The Bertz CT molecular complexity index is 1260. The third-order valence-corrected chi connectivity index (χ3v) is 10.5. The van der Waals surface area contributed by atoms with E-state index < -0.39 is 28.7 Å². The summed E-state index contributed by atoms with van der Waals surface area (Å²) < 4.78 is 15.9. The van der Waals surface area contributed by atoms with E-state index in [2.05, 4.69) is 34.8 Å². The fraction of sp³-hybridized carbons (Fsp3) is 0.586. The van der Waals surface area contributed by atoms with Crippen molar-refractivity contribution < 1.29 is 14.3 Å². The number of pyridine rings is 1. The van der Waals surface area contributed by atoms with Crippen LogP contribution in [0.3, 0.4) is 0 Å². The van der Waals surface area contributed by atoms with Crippen molar-refractivity contribution in [1.29, 1.82) is 0 Å². The molecule has 1 amide bonds. The van der Waals surface area contributed by atoms with Crippen LogP contribution in [-0.4, -0.2) is 46.8 Å². The topological polar surface area (TPSA) is 86.3 Å². The van der Waals surface area contributed by atoms with Crippen molar-refractivity contribution in [2.45, 2.75) is 81.3 Å². The van der Waals surface area contributed by atoms with Crippen LogP contribution in [0.1, 0.15) is 69.4 Å². The zero-order chi connectivity index (χ0) is 26.9. The quantitative estimate of drug-likeness (QED) is 0.387. The molecule has 0 radical (unpaired) electrons. The van der Waals surface area contributed by atoms with E-state index in [0.29, 0.717) is 17.1 Å². The van der Waals surface area contributed by atoms with Crippen molar-refractivity contribution in [3.63, 3.8) is 0 Å². The van der Waals surface area contributed by atoms with Crippen LogP contribution >= 0.6 is 23.2 Å². The standard InChI is InChI=1S/C29H35Cl2FN4O2/c1-27(2)6-8-28(9-7-27)29(15-34-21-13-17(30)3-4-20(21)29)22(19-5-10-33-25(31)23(19)32)24(36-28)26(38)35-18-11-16(12-18)14-37/h3-5,10,13,16,18,22,24,34,36-37H,6-9,11-12,14-15H2,1-2H3,(H,35,38)/t16-,18-,22-,24+,29+/m0/s1. The number of hydrogen-bond acceptors (Lipinski definition) is 5. The Morgan fingerprint density at radius 2 is 1.92 bits per heavy atom. The fourth-order valence-electron chi connectivity index (χ4n) is 7.75. The number of fused-ring (bicyclic) bond motifs is 3. The van der Waals surface area contributed by atoms with E-state index in [-0.39, 0.29) is 35.0 Å². The van der Waals surface area contributed by atoms with Crippen LogP contribution < -0.4 is 16.0 Å². The normalized spacial score (nSPS) is 32.6. The average molecular weight is 562 g/mol. The minimum absolute atomic E-state index is 0.0126. The van der Waals surface area contributed by atoms with Crippen LogP contribution in [0.4, 0.5) is 10.1 Å². The first-order valence-electron chi connectivity index (χ1n) is 13.6. The van der Waals surface area contributed by atoms with Gasteiger partial charge in [0, 0.05) is 53.0 Å². The number of rotatable bonds is 4. The molecule has 204 valence electrons. The molecule has 3 fully saturated rings. The molecule has 1 saturated heterocycles. The number of carbonyl (C=O) groups excluding carboxylic acids is 1.